The molecule has 0 aromatic heterocycles. The van der Waals surface area contributed by atoms with Gasteiger partial charge in [0, 0.05) is 5.33 Å². The number of hydrogen-bond acceptors (Lipinski definition) is 3. The smallest absolute Gasteiger partial charge is 0.338 e. The van der Waals surface area contributed by atoms with Gasteiger partial charge in [-0.3, -0.25) is 0 Å². The van der Waals surface area contributed by atoms with Crippen molar-refractivity contribution < 1.29 is 14.3 Å². The van der Waals surface area contributed by atoms with E-state index in [1.54, 1.807) is 12.1 Å². The maximum Gasteiger partial charge on any atom is 0.338 e. The highest BCUT2D eigenvalue weighted by Crippen LogP contribution is 2.14. The zero-order chi connectivity index (χ0) is 14.8. The molecular formula is C16H23BrO3. The molecule has 0 heterocycles. The van der Waals surface area contributed by atoms with Crippen molar-refractivity contribution in [2.45, 2.75) is 33.1 Å². The number of hydrogen-bond donors (Lipinski definition) is 0. The van der Waals surface area contributed by atoms with Crippen LogP contribution in [0.2, 0.25) is 0 Å². The van der Waals surface area contributed by atoms with Crippen molar-refractivity contribution in [1.29, 1.82) is 0 Å². The maximum absolute atomic E-state index is 11.7. The summed E-state index contributed by atoms with van der Waals surface area (Å²) in [5.41, 5.74) is 0.567. The van der Waals surface area contributed by atoms with Gasteiger partial charge in [-0.2, -0.15) is 0 Å². The fraction of sp³-hybridized carbons (Fsp3) is 0.562. The van der Waals surface area contributed by atoms with E-state index in [-0.39, 0.29) is 5.97 Å². The molecule has 0 saturated carbocycles. The summed E-state index contributed by atoms with van der Waals surface area (Å²) in [5.74, 6) is 0.868. The maximum atomic E-state index is 11.7. The van der Waals surface area contributed by atoms with Crippen molar-refractivity contribution in [3.8, 4) is 5.75 Å². The van der Waals surface area contributed by atoms with Crippen LogP contribution in [0.25, 0.3) is 0 Å². The highest BCUT2D eigenvalue weighted by atomic mass is 79.9. The second-order valence-electron chi connectivity index (χ2n) is 5.11. The van der Waals surface area contributed by atoms with Gasteiger partial charge in [0.1, 0.15) is 5.75 Å². The largest absolute Gasteiger partial charge is 0.494 e. The third-order valence-corrected chi connectivity index (χ3v) is 3.25. The van der Waals surface area contributed by atoms with E-state index in [0.717, 1.165) is 23.9 Å². The molecule has 0 saturated heterocycles. The highest BCUT2D eigenvalue weighted by molar-refractivity contribution is 9.09. The Hall–Kier alpha value is -1.03. The molecule has 0 atom stereocenters. The highest BCUT2D eigenvalue weighted by Gasteiger charge is 2.08. The van der Waals surface area contributed by atoms with Crippen LogP contribution in [0, 0.1) is 5.92 Å². The summed E-state index contributed by atoms with van der Waals surface area (Å²) >= 11 is 3.40. The molecule has 1 aromatic carbocycles. The summed E-state index contributed by atoms with van der Waals surface area (Å²) in [6.45, 7) is 5.19. The number of carbonyl (C=O) groups is 1. The Kier molecular flexibility index (Phi) is 8.35. The van der Waals surface area contributed by atoms with E-state index < -0.39 is 0 Å². The Bertz CT molecular complexity index is 387. The number of benzene rings is 1. The quantitative estimate of drug-likeness (QED) is 0.378. The van der Waals surface area contributed by atoms with E-state index in [0.29, 0.717) is 24.7 Å². The van der Waals surface area contributed by atoms with E-state index in [1.165, 1.54) is 6.42 Å². The number of alkyl halides is 1. The van der Waals surface area contributed by atoms with E-state index in [1.807, 2.05) is 26.0 Å². The Morgan fingerprint density at radius 2 is 1.85 bits per heavy atom. The average molecular weight is 343 g/mol. The van der Waals surface area contributed by atoms with Crippen molar-refractivity contribution in [3.63, 3.8) is 0 Å². The number of rotatable bonds is 9. The molecule has 112 valence electrons. The number of esters is 1. The van der Waals surface area contributed by atoms with Crippen LogP contribution in [0.5, 0.6) is 5.75 Å². The van der Waals surface area contributed by atoms with Gasteiger partial charge in [-0.05, 0) is 49.4 Å². The average Bonchev–Trinajstić information content (AvgIpc) is 2.45. The minimum absolute atomic E-state index is 0.275. The molecule has 0 aliphatic carbocycles. The normalized spacial score (nSPS) is 10.6. The Labute approximate surface area is 129 Å². The number of unbranched alkanes of at least 4 members (excludes halogenated alkanes) is 2. The van der Waals surface area contributed by atoms with Crippen molar-refractivity contribution in [3.05, 3.63) is 29.8 Å². The molecule has 3 nitrogen and oxygen atoms in total. The van der Waals surface area contributed by atoms with E-state index in [9.17, 15) is 4.79 Å². The Morgan fingerprint density at radius 3 is 2.45 bits per heavy atom. The first kappa shape index (κ1) is 17.0. The van der Waals surface area contributed by atoms with Crippen molar-refractivity contribution in [2.24, 2.45) is 5.92 Å². The van der Waals surface area contributed by atoms with Crippen LogP contribution in [-0.4, -0.2) is 24.5 Å². The first-order valence-corrected chi connectivity index (χ1v) is 8.21. The summed E-state index contributed by atoms with van der Waals surface area (Å²) < 4.78 is 10.8. The van der Waals surface area contributed by atoms with Crippen LogP contribution in [0.3, 0.4) is 0 Å². The van der Waals surface area contributed by atoms with Crippen LogP contribution in [0.15, 0.2) is 24.3 Å². The lowest BCUT2D eigenvalue weighted by atomic mass is 10.2. The third kappa shape index (κ3) is 6.94. The number of ether oxygens (including phenoxy) is 2. The monoisotopic (exact) mass is 342 g/mol. The van der Waals surface area contributed by atoms with Gasteiger partial charge in [-0.25, -0.2) is 4.79 Å². The van der Waals surface area contributed by atoms with Gasteiger partial charge in [0.25, 0.3) is 0 Å². The molecule has 0 aliphatic rings. The van der Waals surface area contributed by atoms with Gasteiger partial charge < -0.3 is 9.47 Å². The van der Waals surface area contributed by atoms with Gasteiger partial charge in [-0.1, -0.05) is 29.8 Å². The molecule has 4 heteroatoms. The summed E-state index contributed by atoms with van der Waals surface area (Å²) in [6.07, 6.45) is 3.37. The van der Waals surface area contributed by atoms with Crippen molar-refractivity contribution in [1.82, 2.24) is 0 Å². The second kappa shape index (κ2) is 9.81. The fourth-order valence-electron chi connectivity index (χ4n) is 1.58. The molecule has 1 rings (SSSR count). The third-order valence-electron chi connectivity index (χ3n) is 2.68. The zero-order valence-electron chi connectivity index (χ0n) is 12.2. The minimum atomic E-state index is -0.275. The van der Waals surface area contributed by atoms with Crippen LogP contribution in [0.4, 0.5) is 0 Å². The van der Waals surface area contributed by atoms with E-state index >= 15 is 0 Å². The number of halogens is 1. The second-order valence-corrected chi connectivity index (χ2v) is 5.91. The molecule has 1 aromatic rings. The molecule has 0 aliphatic heterocycles. The minimum Gasteiger partial charge on any atom is -0.494 e. The van der Waals surface area contributed by atoms with E-state index in [4.69, 9.17) is 9.47 Å². The van der Waals surface area contributed by atoms with Crippen LogP contribution < -0.4 is 4.74 Å². The molecule has 0 spiro atoms. The summed E-state index contributed by atoms with van der Waals surface area (Å²) in [7, 11) is 0. The van der Waals surface area contributed by atoms with Gasteiger partial charge >= 0.3 is 5.97 Å². The van der Waals surface area contributed by atoms with E-state index in [2.05, 4.69) is 15.9 Å². The Morgan fingerprint density at radius 1 is 1.15 bits per heavy atom. The summed E-state index contributed by atoms with van der Waals surface area (Å²) in [5, 5.41) is 1.04. The standard InChI is InChI=1S/C16H23BrO3/c1-13(2)12-20-16(18)14-6-8-15(9-7-14)19-11-5-3-4-10-17/h6-9,13H,3-5,10-12H2,1-2H3. The molecule has 0 fully saturated rings. The van der Waals surface area contributed by atoms with Gasteiger partial charge in [0.15, 0.2) is 0 Å². The molecule has 20 heavy (non-hydrogen) atoms. The lowest BCUT2D eigenvalue weighted by Crippen LogP contribution is -2.10. The molecule has 0 unspecified atom stereocenters. The van der Waals surface area contributed by atoms with Gasteiger partial charge in [-0.15, -0.1) is 0 Å². The lowest BCUT2D eigenvalue weighted by Gasteiger charge is -2.08. The molecule has 0 amide bonds. The topological polar surface area (TPSA) is 35.5 Å². The molecule has 0 bridgehead atoms. The zero-order valence-corrected chi connectivity index (χ0v) is 13.8. The molecular weight excluding hydrogens is 320 g/mol. The first-order valence-electron chi connectivity index (χ1n) is 7.09. The predicted molar refractivity (Wildman–Crippen MR) is 84.7 cm³/mol. The van der Waals surface area contributed by atoms with Gasteiger partial charge in [0.05, 0.1) is 18.8 Å². The summed E-state index contributed by atoms with van der Waals surface area (Å²) in [6, 6.07) is 7.12. The fourth-order valence-corrected chi connectivity index (χ4v) is 1.97. The molecule has 0 radical (unpaired) electrons. The van der Waals surface area contributed by atoms with Crippen LogP contribution >= 0.6 is 15.9 Å². The van der Waals surface area contributed by atoms with Crippen LogP contribution in [0.1, 0.15) is 43.5 Å². The Balaban J connectivity index is 2.34. The SMILES string of the molecule is CC(C)COC(=O)c1ccc(OCCCCCBr)cc1. The lowest BCUT2D eigenvalue weighted by molar-refractivity contribution is 0.0459. The molecule has 0 N–H and O–H groups in total. The van der Waals surface area contributed by atoms with Gasteiger partial charge in [0.2, 0.25) is 0 Å². The predicted octanol–water partition coefficient (Wildman–Crippen LogP) is 4.44. The van der Waals surface area contributed by atoms with Crippen molar-refractivity contribution in [2.75, 3.05) is 18.5 Å². The van der Waals surface area contributed by atoms with Crippen molar-refractivity contribution >= 4 is 21.9 Å². The summed E-state index contributed by atoms with van der Waals surface area (Å²) in [4.78, 5) is 11.7. The van der Waals surface area contributed by atoms with Crippen LogP contribution in [-0.2, 0) is 4.74 Å². The first-order chi connectivity index (χ1) is 9.63. The number of carbonyl (C=O) groups excluding carboxylic acids is 1.